The Morgan fingerprint density at radius 2 is 2.11 bits per heavy atom. The van der Waals surface area contributed by atoms with Crippen molar-refractivity contribution in [3.63, 3.8) is 0 Å². The van der Waals surface area contributed by atoms with Crippen LogP contribution in [0.3, 0.4) is 0 Å². The molecule has 4 aromatic rings. The number of rotatable bonds is 4. The molecule has 1 aliphatic heterocycles. The average molecular weight is 486 g/mol. The highest BCUT2D eigenvalue weighted by molar-refractivity contribution is 6.09. The number of Topliss-reactive ketones (excluding diaryl/α,β-unsaturated/α-hetero) is 1. The fraction of sp³-hybridized carbons (Fsp3) is 0.269. The zero-order chi connectivity index (χ0) is 25.6. The third kappa shape index (κ3) is 3.79. The monoisotopic (exact) mass is 485 g/mol. The summed E-state index contributed by atoms with van der Waals surface area (Å²) in [7, 11) is 0. The van der Waals surface area contributed by atoms with Crippen LogP contribution in [0.2, 0.25) is 0 Å². The predicted octanol–water partition coefficient (Wildman–Crippen LogP) is 3.08. The Bertz CT molecular complexity index is 1620. The molecule has 2 N–H and O–H groups in total. The van der Waals surface area contributed by atoms with E-state index < -0.39 is 5.82 Å². The minimum absolute atomic E-state index is 0.167. The molecule has 1 aromatic carbocycles. The van der Waals surface area contributed by atoms with Crippen LogP contribution in [0.15, 0.2) is 37.3 Å². The number of ketones is 1. The fourth-order valence-electron chi connectivity index (χ4n) is 4.63. The van der Waals surface area contributed by atoms with Gasteiger partial charge in [0.05, 0.1) is 45.4 Å². The van der Waals surface area contributed by atoms with Gasteiger partial charge in [-0.1, -0.05) is 12.5 Å². The Morgan fingerprint density at radius 1 is 1.31 bits per heavy atom. The van der Waals surface area contributed by atoms with Crippen LogP contribution < -0.4 is 5.73 Å². The van der Waals surface area contributed by atoms with Crippen molar-refractivity contribution in [2.24, 2.45) is 0 Å². The lowest BCUT2D eigenvalue weighted by Crippen LogP contribution is -2.27. The van der Waals surface area contributed by atoms with Crippen molar-refractivity contribution in [2.75, 3.05) is 18.8 Å². The van der Waals surface area contributed by atoms with Gasteiger partial charge in [-0.2, -0.15) is 5.10 Å². The van der Waals surface area contributed by atoms with E-state index in [1.54, 1.807) is 22.0 Å². The normalized spacial score (nSPS) is 15.3. The van der Waals surface area contributed by atoms with E-state index in [-0.39, 0.29) is 34.8 Å². The largest absolute Gasteiger partial charge is 0.383 e. The predicted molar refractivity (Wildman–Crippen MR) is 134 cm³/mol. The van der Waals surface area contributed by atoms with Crippen molar-refractivity contribution in [1.29, 1.82) is 0 Å². The van der Waals surface area contributed by atoms with Crippen molar-refractivity contribution in [3.8, 4) is 11.8 Å². The van der Waals surface area contributed by atoms with Crippen LogP contribution in [0, 0.1) is 17.7 Å². The second-order valence-corrected chi connectivity index (χ2v) is 8.66. The first-order chi connectivity index (χ1) is 17.3. The average Bonchev–Trinajstić information content (AvgIpc) is 3.59. The summed E-state index contributed by atoms with van der Waals surface area (Å²) in [6.45, 7) is 8.56. The molecule has 1 fully saturated rings. The van der Waals surface area contributed by atoms with Crippen LogP contribution in [0.5, 0.6) is 0 Å². The van der Waals surface area contributed by atoms with E-state index in [2.05, 4.69) is 33.5 Å². The Morgan fingerprint density at radius 3 is 2.83 bits per heavy atom. The molecule has 1 aliphatic rings. The molecule has 10 heteroatoms. The molecule has 0 saturated carbocycles. The lowest BCUT2D eigenvalue weighted by Gasteiger charge is -2.16. The lowest BCUT2D eigenvalue weighted by atomic mass is 10.1. The van der Waals surface area contributed by atoms with E-state index >= 15 is 0 Å². The number of anilines is 1. The highest BCUT2D eigenvalue weighted by atomic mass is 19.1. The van der Waals surface area contributed by atoms with Gasteiger partial charge >= 0.3 is 0 Å². The van der Waals surface area contributed by atoms with Gasteiger partial charge in [-0.15, -0.1) is 0 Å². The number of hydrogen-bond donors (Lipinski definition) is 1. The molecule has 9 nitrogen and oxygen atoms in total. The lowest BCUT2D eigenvalue weighted by molar-refractivity contribution is -0.125. The molecule has 4 heterocycles. The van der Waals surface area contributed by atoms with Crippen molar-refractivity contribution < 1.29 is 14.0 Å². The van der Waals surface area contributed by atoms with E-state index in [1.807, 2.05) is 11.5 Å². The molecule has 5 rings (SSSR count). The molecule has 0 aliphatic carbocycles. The van der Waals surface area contributed by atoms with Crippen molar-refractivity contribution >= 4 is 39.4 Å². The topological polar surface area (TPSA) is 112 Å². The van der Waals surface area contributed by atoms with Crippen LogP contribution in [0.25, 0.3) is 21.9 Å². The number of amides is 1. The number of imidazole rings is 1. The molecule has 1 saturated heterocycles. The van der Waals surface area contributed by atoms with Gasteiger partial charge in [0.25, 0.3) is 0 Å². The summed E-state index contributed by atoms with van der Waals surface area (Å²) in [5, 5.41) is 5.12. The number of halogens is 1. The van der Waals surface area contributed by atoms with Crippen molar-refractivity contribution in [1.82, 2.24) is 29.2 Å². The minimum Gasteiger partial charge on any atom is -0.383 e. The number of nitrogens with two attached hydrogens (primary N) is 1. The quantitative estimate of drug-likeness (QED) is 0.270. The Labute approximate surface area is 206 Å². The molecule has 182 valence electrons. The van der Waals surface area contributed by atoms with Gasteiger partial charge in [-0.25, -0.2) is 14.4 Å². The summed E-state index contributed by atoms with van der Waals surface area (Å²) >= 11 is 0. The van der Waals surface area contributed by atoms with Gasteiger partial charge < -0.3 is 15.2 Å². The fourth-order valence-corrected chi connectivity index (χ4v) is 4.63. The standard InChI is InChI=1S/C26H24FN7O2/c1-4-23(36)33-9-8-17(13-33)34-25-18(15(3)35)12-29-26(28)24(25)20(31-34)7-6-16-10-21-22(11-19(16)27)32(5-2)14-30-21/h4,10-12,14,17H,1,5,8-9,13H2,2-3H3,(H2,28,29)/t17-/m0/s1. The number of carbonyl (C=O) groups is 2. The zero-order valence-corrected chi connectivity index (χ0v) is 20.0. The molecular formula is C26H24FN7O2. The maximum Gasteiger partial charge on any atom is 0.246 e. The highest BCUT2D eigenvalue weighted by Gasteiger charge is 2.30. The number of hydrogen-bond acceptors (Lipinski definition) is 6. The first-order valence-corrected chi connectivity index (χ1v) is 11.6. The Hall–Kier alpha value is -4.52. The third-order valence-electron chi connectivity index (χ3n) is 6.50. The van der Waals surface area contributed by atoms with E-state index in [9.17, 15) is 14.0 Å². The first-order valence-electron chi connectivity index (χ1n) is 11.6. The van der Waals surface area contributed by atoms with Crippen LogP contribution in [-0.4, -0.2) is 54.0 Å². The van der Waals surface area contributed by atoms with E-state index in [1.165, 1.54) is 25.3 Å². The Kier molecular flexibility index (Phi) is 5.76. The number of aromatic nitrogens is 5. The van der Waals surface area contributed by atoms with Gasteiger partial charge in [0.1, 0.15) is 17.3 Å². The minimum atomic E-state index is -0.473. The van der Waals surface area contributed by atoms with Crippen molar-refractivity contribution in [2.45, 2.75) is 32.9 Å². The number of pyridine rings is 1. The van der Waals surface area contributed by atoms with Crippen LogP contribution in [0.4, 0.5) is 10.2 Å². The number of likely N-dealkylation sites (tertiary alicyclic amines) is 1. The number of benzene rings is 1. The summed E-state index contributed by atoms with van der Waals surface area (Å²) in [6.07, 6.45) is 5.00. The Balaban J connectivity index is 1.65. The van der Waals surface area contributed by atoms with E-state index in [0.717, 1.165) is 0 Å². The van der Waals surface area contributed by atoms with Crippen molar-refractivity contribution in [3.05, 3.63) is 59.9 Å². The summed E-state index contributed by atoms with van der Waals surface area (Å²) < 4.78 is 18.4. The third-order valence-corrected chi connectivity index (χ3v) is 6.50. The van der Waals surface area contributed by atoms with E-state index in [4.69, 9.17) is 5.73 Å². The summed E-state index contributed by atoms with van der Waals surface area (Å²) in [6, 6.07) is 2.82. The molecule has 0 radical (unpaired) electrons. The molecule has 36 heavy (non-hydrogen) atoms. The zero-order valence-electron chi connectivity index (χ0n) is 20.0. The maximum absolute atomic E-state index is 14.9. The summed E-state index contributed by atoms with van der Waals surface area (Å²) in [4.78, 5) is 34.8. The smallest absolute Gasteiger partial charge is 0.246 e. The van der Waals surface area contributed by atoms with E-state index in [0.29, 0.717) is 53.6 Å². The van der Waals surface area contributed by atoms with Gasteiger partial charge in [-0.05, 0) is 38.3 Å². The van der Waals surface area contributed by atoms with Gasteiger partial charge in [0.2, 0.25) is 5.91 Å². The SMILES string of the molecule is C=CC(=O)N1CC[C@H](n2nc(C#Cc3cc4ncn(CC)c4cc3F)c3c(N)ncc(C(C)=O)c32)C1. The number of nitrogen functional groups attached to an aromatic ring is 1. The summed E-state index contributed by atoms with van der Waals surface area (Å²) in [5.74, 6) is 5.13. The van der Waals surface area contributed by atoms with Gasteiger partial charge in [0.15, 0.2) is 5.78 Å². The molecular weight excluding hydrogens is 461 g/mol. The second kappa shape index (κ2) is 8.92. The number of carbonyl (C=O) groups excluding carboxylic acids is 2. The number of fused-ring (bicyclic) bond motifs is 2. The highest BCUT2D eigenvalue weighted by Crippen LogP contribution is 2.32. The van der Waals surface area contributed by atoms with Gasteiger partial charge in [0, 0.05) is 31.9 Å². The van der Waals surface area contributed by atoms with Crippen LogP contribution in [-0.2, 0) is 11.3 Å². The molecule has 0 bridgehead atoms. The first kappa shape index (κ1) is 23.2. The molecule has 1 amide bonds. The molecule has 0 spiro atoms. The second-order valence-electron chi connectivity index (χ2n) is 8.66. The molecule has 1 atom stereocenters. The molecule has 0 unspecified atom stereocenters. The van der Waals surface area contributed by atoms with Crippen LogP contribution in [0.1, 0.15) is 47.9 Å². The maximum atomic E-state index is 14.9. The number of aryl methyl sites for hydroxylation is 1. The van der Waals surface area contributed by atoms with Crippen LogP contribution >= 0.6 is 0 Å². The van der Waals surface area contributed by atoms with Gasteiger partial charge in [-0.3, -0.25) is 14.3 Å². The number of nitrogens with zero attached hydrogens (tertiary/aromatic N) is 6. The summed E-state index contributed by atoms with van der Waals surface area (Å²) in [5.41, 5.74) is 8.86. The molecule has 3 aromatic heterocycles.